The second-order valence-electron chi connectivity index (χ2n) is 4.01. The largest absolute Gasteiger partial charge is 0.381 e. The zero-order valence-corrected chi connectivity index (χ0v) is 9.31. The van der Waals surface area contributed by atoms with Crippen LogP contribution >= 0.6 is 11.3 Å². The van der Waals surface area contributed by atoms with Crippen LogP contribution < -0.4 is 10.6 Å². The van der Waals surface area contributed by atoms with Crippen LogP contribution in [0.25, 0.3) is 10.1 Å². The van der Waals surface area contributed by atoms with Gasteiger partial charge in [-0.25, -0.2) is 0 Å². The molecule has 1 aromatic heterocycles. The van der Waals surface area contributed by atoms with Crippen molar-refractivity contribution in [3.05, 3.63) is 29.6 Å². The van der Waals surface area contributed by atoms with Crippen molar-refractivity contribution >= 4 is 27.1 Å². The van der Waals surface area contributed by atoms with E-state index in [1.54, 1.807) is 11.3 Å². The quantitative estimate of drug-likeness (QED) is 0.810. The zero-order chi connectivity index (χ0) is 10.1. The minimum atomic E-state index is 0.598. The molecule has 0 amide bonds. The fraction of sp³-hybridized carbons (Fsp3) is 0.333. The van der Waals surface area contributed by atoms with Gasteiger partial charge in [-0.15, -0.1) is 11.3 Å². The van der Waals surface area contributed by atoms with E-state index in [9.17, 15) is 0 Å². The molecule has 1 aromatic carbocycles. The number of nitrogens with one attached hydrogen (secondary N) is 2. The lowest BCUT2D eigenvalue weighted by molar-refractivity contribution is 0.794. The number of hydrogen-bond acceptors (Lipinski definition) is 3. The van der Waals surface area contributed by atoms with Gasteiger partial charge < -0.3 is 10.6 Å². The van der Waals surface area contributed by atoms with Gasteiger partial charge in [-0.2, -0.15) is 0 Å². The highest BCUT2D eigenvalue weighted by molar-refractivity contribution is 7.17. The fourth-order valence-electron chi connectivity index (χ4n) is 2.07. The summed E-state index contributed by atoms with van der Waals surface area (Å²) in [6.45, 7) is 2.22. The summed E-state index contributed by atoms with van der Waals surface area (Å²) in [6, 6.07) is 9.39. The molecule has 1 saturated heterocycles. The molecule has 2 heterocycles. The molecule has 3 rings (SSSR count). The molecule has 1 atom stereocenters. The first kappa shape index (κ1) is 9.19. The molecule has 2 nitrogen and oxygen atoms in total. The summed E-state index contributed by atoms with van der Waals surface area (Å²) in [6.07, 6.45) is 1.22. The Labute approximate surface area is 93.3 Å². The van der Waals surface area contributed by atoms with E-state index in [0.29, 0.717) is 6.04 Å². The van der Waals surface area contributed by atoms with E-state index in [0.717, 1.165) is 13.1 Å². The Morgan fingerprint density at radius 3 is 3.20 bits per heavy atom. The summed E-state index contributed by atoms with van der Waals surface area (Å²) < 4.78 is 1.37. The smallest absolute Gasteiger partial charge is 0.0398 e. The van der Waals surface area contributed by atoms with Gasteiger partial charge in [0.25, 0.3) is 0 Å². The first-order valence-corrected chi connectivity index (χ1v) is 6.24. The highest BCUT2D eigenvalue weighted by Crippen LogP contribution is 2.24. The minimum Gasteiger partial charge on any atom is -0.381 e. The third kappa shape index (κ3) is 1.85. The van der Waals surface area contributed by atoms with Crippen molar-refractivity contribution in [2.45, 2.75) is 12.5 Å². The van der Waals surface area contributed by atoms with Crippen LogP contribution in [0.4, 0.5) is 5.69 Å². The van der Waals surface area contributed by atoms with Crippen LogP contribution in [0.2, 0.25) is 0 Å². The van der Waals surface area contributed by atoms with Crippen LogP contribution in [0.5, 0.6) is 0 Å². The predicted octanol–water partition coefficient (Wildman–Crippen LogP) is 2.68. The lowest BCUT2D eigenvalue weighted by atomic mass is 10.2. The van der Waals surface area contributed by atoms with Crippen LogP contribution in [0.3, 0.4) is 0 Å². The van der Waals surface area contributed by atoms with E-state index in [2.05, 4.69) is 40.3 Å². The predicted molar refractivity (Wildman–Crippen MR) is 66.7 cm³/mol. The average Bonchev–Trinajstić information content (AvgIpc) is 2.87. The van der Waals surface area contributed by atoms with E-state index in [1.807, 2.05) is 0 Å². The highest BCUT2D eigenvalue weighted by atomic mass is 32.1. The van der Waals surface area contributed by atoms with E-state index >= 15 is 0 Å². The normalized spacial score (nSPS) is 20.9. The van der Waals surface area contributed by atoms with Crippen molar-refractivity contribution < 1.29 is 0 Å². The summed E-state index contributed by atoms with van der Waals surface area (Å²) in [7, 11) is 0. The number of anilines is 1. The standard InChI is InChI=1S/C12H14N2S/c1-2-12-9(4-6-15-12)7-10(1)14-11-3-5-13-8-11/h1-2,4,6-7,11,13-14H,3,5,8H2. The SMILES string of the molecule is c1cc2cc(NC3CCNC3)ccc2s1. The molecule has 1 aliphatic rings. The van der Waals surface area contributed by atoms with Crippen molar-refractivity contribution in [1.29, 1.82) is 0 Å². The third-order valence-corrected chi connectivity index (χ3v) is 3.78. The maximum atomic E-state index is 3.56. The Morgan fingerprint density at radius 1 is 1.33 bits per heavy atom. The van der Waals surface area contributed by atoms with Crippen LogP contribution in [0, 0.1) is 0 Å². The van der Waals surface area contributed by atoms with Crippen LogP contribution in [-0.2, 0) is 0 Å². The van der Waals surface area contributed by atoms with Crippen molar-refractivity contribution in [3.8, 4) is 0 Å². The molecule has 15 heavy (non-hydrogen) atoms. The fourth-order valence-corrected chi connectivity index (χ4v) is 2.84. The molecule has 0 radical (unpaired) electrons. The first-order valence-electron chi connectivity index (χ1n) is 5.36. The van der Waals surface area contributed by atoms with Crippen molar-refractivity contribution in [2.24, 2.45) is 0 Å². The molecule has 2 N–H and O–H groups in total. The molecular weight excluding hydrogens is 204 g/mol. The Hall–Kier alpha value is -1.06. The van der Waals surface area contributed by atoms with Crippen LogP contribution in [-0.4, -0.2) is 19.1 Å². The lowest BCUT2D eigenvalue weighted by Gasteiger charge is -2.12. The summed E-state index contributed by atoms with van der Waals surface area (Å²) in [5, 5.41) is 10.4. The Bertz CT molecular complexity index is 457. The topological polar surface area (TPSA) is 24.1 Å². The Kier molecular flexibility index (Phi) is 2.35. The van der Waals surface area contributed by atoms with Crippen molar-refractivity contribution in [1.82, 2.24) is 5.32 Å². The lowest BCUT2D eigenvalue weighted by Crippen LogP contribution is -2.21. The number of benzene rings is 1. The Balaban J connectivity index is 1.84. The van der Waals surface area contributed by atoms with Gasteiger partial charge in [-0.05, 0) is 48.0 Å². The van der Waals surface area contributed by atoms with E-state index in [-0.39, 0.29) is 0 Å². The summed E-state index contributed by atoms with van der Waals surface area (Å²) in [5.74, 6) is 0. The van der Waals surface area contributed by atoms with Crippen LogP contribution in [0.1, 0.15) is 6.42 Å². The number of fused-ring (bicyclic) bond motifs is 1. The summed E-state index contributed by atoms with van der Waals surface area (Å²) in [5.41, 5.74) is 1.25. The Morgan fingerprint density at radius 2 is 2.33 bits per heavy atom. The van der Waals surface area contributed by atoms with Crippen molar-refractivity contribution in [3.63, 3.8) is 0 Å². The van der Waals surface area contributed by atoms with Gasteiger partial charge in [-0.3, -0.25) is 0 Å². The van der Waals surface area contributed by atoms with E-state index in [4.69, 9.17) is 0 Å². The van der Waals surface area contributed by atoms with Gasteiger partial charge in [-0.1, -0.05) is 0 Å². The molecule has 0 bridgehead atoms. The molecule has 1 unspecified atom stereocenters. The van der Waals surface area contributed by atoms with Gasteiger partial charge in [0.2, 0.25) is 0 Å². The summed E-state index contributed by atoms with van der Waals surface area (Å²) >= 11 is 1.80. The molecule has 1 aliphatic heterocycles. The zero-order valence-electron chi connectivity index (χ0n) is 8.49. The average molecular weight is 218 g/mol. The minimum absolute atomic E-state index is 0.598. The van der Waals surface area contributed by atoms with E-state index in [1.165, 1.54) is 22.2 Å². The van der Waals surface area contributed by atoms with Gasteiger partial charge in [0, 0.05) is 23.0 Å². The molecule has 2 aromatic rings. The number of hydrogen-bond donors (Lipinski definition) is 2. The van der Waals surface area contributed by atoms with E-state index < -0.39 is 0 Å². The first-order chi connectivity index (χ1) is 7.42. The number of thiophene rings is 1. The molecular formula is C12H14N2S. The molecule has 0 saturated carbocycles. The van der Waals surface area contributed by atoms with Gasteiger partial charge in [0.05, 0.1) is 0 Å². The van der Waals surface area contributed by atoms with Gasteiger partial charge >= 0.3 is 0 Å². The second-order valence-corrected chi connectivity index (χ2v) is 4.95. The van der Waals surface area contributed by atoms with Crippen molar-refractivity contribution in [2.75, 3.05) is 18.4 Å². The van der Waals surface area contributed by atoms with Gasteiger partial charge in [0.1, 0.15) is 0 Å². The number of rotatable bonds is 2. The maximum Gasteiger partial charge on any atom is 0.0398 e. The maximum absolute atomic E-state index is 3.56. The molecule has 3 heteroatoms. The molecule has 0 aliphatic carbocycles. The second kappa shape index (κ2) is 3.83. The molecule has 78 valence electrons. The third-order valence-electron chi connectivity index (χ3n) is 2.88. The molecule has 0 spiro atoms. The monoisotopic (exact) mass is 218 g/mol. The summed E-state index contributed by atoms with van der Waals surface area (Å²) in [4.78, 5) is 0. The van der Waals surface area contributed by atoms with Crippen LogP contribution in [0.15, 0.2) is 29.6 Å². The molecule has 1 fully saturated rings. The van der Waals surface area contributed by atoms with Gasteiger partial charge in [0.15, 0.2) is 0 Å². The highest BCUT2D eigenvalue weighted by Gasteiger charge is 2.13.